The van der Waals surface area contributed by atoms with Crippen LogP contribution < -0.4 is 10.6 Å². The van der Waals surface area contributed by atoms with Gasteiger partial charge in [-0.05, 0) is 18.4 Å². The Balaban J connectivity index is 1.72. The molecule has 10 heteroatoms. The van der Waals surface area contributed by atoms with Gasteiger partial charge in [0, 0.05) is 20.2 Å². The lowest BCUT2D eigenvalue weighted by atomic mass is 10.4. The first-order valence-electron chi connectivity index (χ1n) is 8.05. The number of nitrogens with zero attached hydrogens (tertiary/aromatic N) is 4. The Morgan fingerprint density at radius 1 is 1.38 bits per heavy atom. The van der Waals surface area contributed by atoms with E-state index in [1.807, 2.05) is 6.26 Å². The number of hydrogen-bond donors (Lipinski definition) is 2. The standard InChI is InChI=1S/C16H20N6O3S/c1-24-9-6-17-13-11-10-19-22(14(11)21-16(20-13)26-2)7-5-18-15(23)12-4-3-8-25-12/h3-4,8,10H,5-7,9H2,1-2H3,(H,18,23)(H,17,20,21). The molecular formula is C16H20N6O3S. The van der Waals surface area contributed by atoms with Gasteiger partial charge in [0.05, 0.1) is 31.0 Å². The van der Waals surface area contributed by atoms with E-state index in [0.29, 0.717) is 31.4 Å². The number of nitrogens with one attached hydrogen (secondary N) is 2. The van der Waals surface area contributed by atoms with Gasteiger partial charge in [0.25, 0.3) is 5.91 Å². The summed E-state index contributed by atoms with van der Waals surface area (Å²) in [6, 6.07) is 3.30. The van der Waals surface area contributed by atoms with Crippen LogP contribution in [0.4, 0.5) is 5.82 Å². The van der Waals surface area contributed by atoms with Crippen LogP contribution >= 0.6 is 11.8 Å². The van der Waals surface area contributed by atoms with Gasteiger partial charge < -0.3 is 19.8 Å². The molecule has 0 bridgehead atoms. The Hall–Kier alpha value is -2.59. The number of carbonyl (C=O) groups is 1. The van der Waals surface area contributed by atoms with Gasteiger partial charge in [-0.3, -0.25) is 4.79 Å². The van der Waals surface area contributed by atoms with Crippen molar-refractivity contribution in [1.29, 1.82) is 0 Å². The molecule has 3 heterocycles. The number of amides is 1. The van der Waals surface area contributed by atoms with Crippen molar-refractivity contribution in [2.24, 2.45) is 0 Å². The third-order valence-electron chi connectivity index (χ3n) is 3.61. The van der Waals surface area contributed by atoms with E-state index in [1.165, 1.54) is 18.0 Å². The van der Waals surface area contributed by atoms with Crippen molar-refractivity contribution in [3.05, 3.63) is 30.4 Å². The monoisotopic (exact) mass is 376 g/mol. The molecule has 0 atom stereocenters. The molecule has 0 unspecified atom stereocenters. The first-order valence-corrected chi connectivity index (χ1v) is 9.27. The van der Waals surface area contributed by atoms with E-state index in [1.54, 1.807) is 30.1 Å². The van der Waals surface area contributed by atoms with Gasteiger partial charge >= 0.3 is 0 Å². The summed E-state index contributed by atoms with van der Waals surface area (Å²) < 4.78 is 11.9. The minimum atomic E-state index is -0.257. The number of carbonyl (C=O) groups excluding carboxylic acids is 1. The van der Waals surface area contributed by atoms with Crippen LogP contribution in [0.5, 0.6) is 0 Å². The summed E-state index contributed by atoms with van der Waals surface area (Å²) >= 11 is 1.46. The van der Waals surface area contributed by atoms with Gasteiger partial charge in [0.1, 0.15) is 5.82 Å². The summed E-state index contributed by atoms with van der Waals surface area (Å²) in [7, 11) is 1.65. The van der Waals surface area contributed by atoms with E-state index in [0.717, 1.165) is 16.9 Å². The summed E-state index contributed by atoms with van der Waals surface area (Å²) in [5.74, 6) is 0.752. The average molecular weight is 376 g/mol. The number of rotatable bonds is 9. The van der Waals surface area contributed by atoms with Gasteiger partial charge in [-0.15, -0.1) is 0 Å². The van der Waals surface area contributed by atoms with E-state index in [-0.39, 0.29) is 11.7 Å². The Bertz CT molecular complexity index is 864. The van der Waals surface area contributed by atoms with Crippen molar-refractivity contribution in [2.75, 3.05) is 38.4 Å². The lowest BCUT2D eigenvalue weighted by Gasteiger charge is -2.09. The van der Waals surface area contributed by atoms with E-state index < -0.39 is 0 Å². The molecule has 0 aliphatic heterocycles. The van der Waals surface area contributed by atoms with Crippen molar-refractivity contribution in [2.45, 2.75) is 11.7 Å². The van der Waals surface area contributed by atoms with Crippen LogP contribution in [-0.2, 0) is 11.3 Å². The maximum absolute atomic E-state index is 11.9. The quantitative estimate of drug-likeness (QED) is 0.330. The summed E-state index contributed by atoms with van der Waals surface area (Å²) in [6.45, 7) is 2.10. The zero-order chi connectivity index (χ0) is 18.4. The van der Waals surface area contributed by atoms with Crippen LogP contribution in [0.2, 0.25) is 0 Å². The molecule has 2 N–H and O–H groups in total. The van der Waals surface area contributed by atoms with Gasteiger partial charge in [0.15, 0.2) is 16.6 Å². The maximum Gasteiger partial charge on any atom is 0.287 e. The van der Waals surface area contributed by atoms with Gasteiger partial charge in [0.2, 0.25) is 0 Å². The van der Waals surface area contributed by atoms with Gasteiger partial charge in [-0.25, -0.2) is 14.6 Å². The molecule has 0 fully saturated rings. The molecule has 0 aliphatic rings. The number of anilines is 1. The lowest BCUT2D eigenvalue weighted by molar-refractivity contribution is 0.0924. The second kappa shape index (κ2) is 8.68. The number of thioether (sulfide) groups is 1. The van der Waals surface area contributed by atoms with Gasteiger partial charge in [-0.2, -0.15) is 5.10 Å². The summed E-state index contributed by atoms with van der Waals surface area (Å²) in [4.78, 5) is 21.0. The molecular weight excluding hydrogens is 356 g/mol. The number of methoxy groups -OCH3 is 1. The number of aromatic nitrogens is 4. The SMILES string of the molecule is COCCNc1nc(SC)nc2c1cnn2CCNC(=O)c1ccco1. The first-order chi connectivity index (χ1) is 12.7. The molecule has 0 saturated carbocycles. The molecule has 0 spiro atoms. The highest BCUT2D eigenvalue weighted by atomic mass is 32.2. The van der Waals surface area contributed by atoms with Crippen molar-refractivity contribution in [1.82, 2.24) is 25.1 Å². The minimum absolute atomic E-state index is 0.257. The molecule has 0 radical (unpaired) electrons. The number of hydrogen-bond acceptors (Lipinski definition) is 8. The van der Waals surface area contributed by atoms with Crippen molar-refractivity contribution < 1.29 is 13.9 Å². The second-order valence-electron chi connectivity index (χ2n) is 5.32. The maximum atomic E-state index is 11.9. The first kappa shape index (κ1) is 18.2. The molecule has 138 valence electrons. The highest BCUT2D eigenvalue weighted by Crippen LogP contribution is 2.23. The Kier molecular flexibility index (Phi) is 6.08. The molecule has 26 heavy (non-hydrogen) atoms. The Morgan fingerprint density at radius 2 is 2.27 bits per heavy atom. The van der Waals surface area contributed by atoms with Crippen LogP contribution in [0, 0.1) is 0 Å². The van der Waals surface area contributed by atoms with E-state index >= 15 is 0 Å². The summed E-state index contributed by atoms with van der Waals surface area (Å²) in [5, 5.41) is 11.9. The highest BCUT2D eigenvalue weighted by Gasteiger charge is 2.13. The smallest absolute Gasteiger partial charge is 0.287 e. The van der Waals surface area contributed by atoms with Crippen LogP contribution in [0.25, 0.3) is 11.0 Å². The fourth-order valence-electron chi connectivity index (χ4n) is 2.37. The zero-order valence-electron chi connectivity index (χ0n) is 14.6. The van der Waals surface area contributed by atoms with E-state index in [9.17, 15) is 4.79 Å². The fraction of sp³-hybridized carbons (Fsp3) is 0.375. The molecule has 0 aliphatic carbocycles. The predicted octanol–water partition coefficient (Wildman–Crippen LogP) is 1.63. The average Bonchev–Trinajstić information content (AvgIpc) is 3.32. The zero-order valence-corrected chi connectivity index (χ0v) is 15.4. The third kappa shape index (κ3) is 4.14. The van der Waals surface area contributed by atoms with Crippen molar-refractivity contribution in [3.63, 3.8) is 0 Å². The summed E-state index contributed by atoms with van der Waals surface area (Å²) in [6.07, 6.45) is 5.11. The number of ether oxygens (including phenoxy) is 1. The van der Waals surface area contributed by atoms with Crippen LogP contribution in [-0.4, -0.2) is 58.7 Å². The van der Waals surface area contributed by atoms with Crippen LogP contribution in [0.3, 0.4) is 0 Å². The molecule has 1 amide bonds. The molecule has 0 aromatic carbocycles. The third-order valence-corrected chi connectivity index (χ3v) is 4.16. The highest BCUT2D eigenvalue weighted by molar-refractivity contribution is 7.98. The Morgan fingerprint density at radius 3 is 3.00 bits per heavy atom. The molecule has 3 rings (SSSR count). The van der Waals surface area contributed by atoms with E-state index in [2.05, 4.69) is 25.7 Å². The van der Waals surface area contributed by atoms with Crippen LogP contribution in [0.15, 0.2) is 34.2 Å². The molecule has 3 aromatic rings. The minimum Gasteiger partial charge on any atom is -0.459 e. The Labute approximate surface area is 154 Å². The summed E-state index contributed by atoms with van der Waals surface area (Å²) in [5.41, 5.74) is 0.719. The molecule has 0 saturated heterocycles. The van der Waals surface area contributed by atoms with Crippen molar-refractivity contribution >= 4 is 34.5 Å². The fourth-order valence-corrected chi connectivity index (χ4v) is 2.73. The largest absolute Gasteiger partial charge is 0.459 e. The second-order valence-corrected chi connectivity index (χ2v) is 6.09. The molecule has 3 aromatic heterocycles. The van der Waals surface area contributed by atoms with Crippen molar-refractivity contribution in [3.8, 4) is 0 Å². The number of furan rings is 1. The number of fused-ring (bicyclic) bond motifs is 1. The lowest BCUT2D eigenvalue weighted by Crippen LogP contribution is -2.27. The van der Waals surface area contributed by atoms with Gasteiger partial charge in [-0.1, -0.05) is 11.8 Å². The predicted molar refractivity (Wildman–Crippen MR) is 98.5 cm³/mol. The van der Waals surface area contributed by atoms with Crippen LogP contribution in [0.1, 0.15) is 10.6 Å². The topological polar surface area (TPSA) is 107 Å². The molecule has 9 nitrogen and oxygen atoms in total. The normalized spacial score (nSPS) is 11.0. The van der Waals surface area contributed by atoms with E-state index in [4.69, 9.17) is 9.15 Å².